The smallest absolute Gasteiger partial charge is 0.243 e. The Balaban J connectivity index is 1.69. The number of morpholine rings is 1. The molecule has 0 unspecified atom stereocenters. The molecule has 27 heavy (non-hydrogen) atoms. The first kappa shape index (κ1) is 18.4. The van der Waals surface area contributed by atoms with Gasteiger partial charge in [-0.3, -0.25) is 9.78 Å². The van der Waals surface area contributed by atoms with Crippen molar-refractivity contribution >= 4 is 33.4 Å². The van der Waals surface area contributed by atoms with Gasteiger partial charge in [-0.15, -0.1) is 11.8 Å². The highest BCUT2D eigenvalue weighted by molar-refractivity contribution is 8.00. The number of hydrogen-bond acceptors (Lipinski definition) is 6. The van der Waals surface area contributed by atoms with Gasteiger partial charge >= 0.3 is 0 Å². The number of pyridine rings is 1. The Labute approximate surface area is 162 Å². The van der Waals surface area contributed by atoms with Crippen molar-refractivity contribution in [2.75, 3.05) is 37.0 Å². The average molecular weight is 406 g/mol. The molecule has 1 amide bonds. The first-order valence-corrected chi connectivity index (χ1v) is 11.0. The maximum Gasteiger partial charge on any atom is 0.243 e. The maximum atomic E-state index is 13.0. The van der Waals surface area contributed by atoms with Gasteiger partial charge < -0.3 is 9.64 Å². The Bertz CT molecular complexity index is 944. The van der Waals surface area contributed by atoms with Crippen molar-refractivity contribution in [1.82, 2.24) is 9.29 Å². The van der Waals surface area contributed by atoms with Crippen LogP contribution in [0.2, 0.25) is 0 Å². The van der Waals surface area contributed by atoms with Gasteiger partial charge in [0.05, 0.1) is 36.1 Å². The van der Waals surface area contributed by atoms with Crippen LogP contribution >= 0.6 is 11.8 Å². The molecule has 2 aliphatic heterocycles. The van der Waals surface area contributed by atoms with Crippen LogP contribution in [0.5, 0.6) is 0 Å². The second-order valence-corrected chi connectivity index (χ2v) is 9.23. The van der Waals surface area contributed by atoms with E-state index < -0.39 is 10.0 Å². The van der Waals surface area contributed by atoms with E-state index in [1.54, 1.807) is 35.5 Å². The van der Waals surface area contributed by atoms with Gasteiger partial charge in [-0.05, 0) is 35.9 Å². The number of rotatable bonds is 4. The van der Waals surface area contributed by atoms with Crippen molar-refractivity contribution in [1.29, 1.82) is 0 Å². The molecule has 0 bridgehead atoms. The quantitative estimate of drug-likeness (QED) is 0.771. The fraction of sp³-hybridized carbons (Fsp3) is 0.333. The van der Waals surface area contributed by atoms with Crippen LogP contribution in [-0.2, 0) is 26.1 Å². The van der Waals surface area contributed by atoms with Gasteiger partial charge in [0, 0.05) is 30.4 Å². The van der Waals surface area contributed by atoms with Gasteiger partial charge in [0.25, 0.3) is 0 Å². The van der Waals surface area contributed by atoms with Crippen LogP contribution in [0.15, 0.2) is 52.5 Å². The Morgan fingerprint density at radius 3 is 2.59 bits per heavy atom. The first-order chi connectivity index (χ1) is 13.1. The number of thioether (sulfide) groups is 1. The molecule has 4 rings (SSSR count). The number of carbonyl (C=O) groups is 1. The van der Waals surface area contributed by atoms with E-state index in [-0.39, 0.29) is 10.8 Å². The molecular weight excluding hydrogens is 386 g/mol. The minimum atomic E-state index is -3.61. The van der Waals surface area contributed by atoms with Crippen LogP contribution in [-0.4, -0.2) is 55.7 Å². The summed E-state index contributed by atoms with van der Waals surface area (Å²) in [5, 5.41) is 0. The van der Waals surface area contributed by atoms with Gasteiger partial charge in [0.15, 0.2) is 0 Å². The molecule has 0 spiro atoms. The van der Waals surface area contributed by atoms with E-state index in [1.165, 1.54) is 16.1 Å². The largest absolute Gasteiger partial charge is 0.379 e. The van der Waals surface area contributed by atoms with Gasteiger partial charge in [-0.2, -0.15) is 4.31 Å². The Kier molecular flexibility index (Phi) is 5.18. The number of anilines is 1. The van der Waals surface area contributed by atoms with Crippen molar-refractivity contribution < 1.29 is 17.9 Å². The van der Waals surface area contributed by atoms with E-state index in [2.05, 4.69) is 4.98 Å². The van der Waals surface area contributed by atoms with E-state index in [0.29, 0.717) is 44.3 Å². The zero-order valence-corrected chi connectivity index (χ0v) is 16.2. The minimum absolute atomic E-state index is 0.0368. The van der Waals surface area contributed by atoms with Crippen LogP contribution in [0, 0.1) is 0 Å². The predicted octanol–water partition coefficient (Wildman–Crippen LogP) is 1.74. The van der Waals surface area contributed by atoms with Crippen molar-refractivity contribution in [3.8, 4) is 0 Å². The molecule has 7 nitrogen and oxygen atoms in total. The number of amides is 1. The lowest BCUT2D eigenvalue weighted by Gasteiger charge is -2.30. The lowest BCUT2D eigenvalue weighted by atomic mass is 10.2. The normalized spacial score (nSPS) is 18.4. The monoisotopic (exact) mass is 405 g/mol. The van der Waals surface area contributed by atoms with E-state index in [1.807, 2.05) is 12.1 Å². The molecule has 1 aromatic heterocycles. The molecule has 9 heteroatoms. The SMILES string of the molecule is O=C1CSc2ccc(S(=O)(=O)N3CCOCC3)cc2N1Cc1ccncc1. The van der Waals surface area contributed by atoms with Gasteiger partial charge in [0.1, 0.15) is 0 Å². The standard InChI is InChI=1S/C18H19N3O4S2/c22-18-13-26-17-2-1-15(27(23,24)20-7-9-25-10-8-20)11-16(17)21(18)12-14-3-5-19-6-4-14/h1-6,11H,7-10,12-13H2. The van der Waals surface area contributed by atoms with Crippen molar-refractivity contribution in [3.05, 3.63) is 48.3 Å². The highest BCUT2D eigenvalue weighted by Gasteiger charge is 2.30. The predicted molar refractivity (Wildman–Crippen MR) is 102 cm³/mol. The summed E-state index contributed by atoms with van der Waals surface area (Å²) in [4.78, 5) is 19.3. The van der Waals surface area contributed by atoms with E-state index in [9.17, 15) is 13.2 Å². The third-order valence-electron chi connectivity index (χ3n) is 4.57. The first-order valence-electron chi connectivity index (χ1n) is 8.60. The summed E-state index contributed by atoms with van der Waals surface area (Å²) in [5.41, 5.74) is 1.58. The number of hydrogen-bond donors (Lipinski definition) is 0. The van der Waals surface area contributed by atoms with Crippen molar-refractivity contribution in [2.24, 2.45) is 0 Å². The number of aromatic nitrogens is 1. The molecular formula is C18H19N3O4S2. The van der Waals surface area contributed by atoms with Crippen LogP contribution in [0.25, 0.3) is 0 Å². The Hall–Kier alpha value is -1.94. The third-order valence-corrected chi connectivity index (χ3v) is 7.51. The zero-order chi connectivity index (χ0) is 18.9. The summed E-state index contributed by atoms with van der Waals surface area (Å²) in [6, 6.07) is 8.73. The van der Waals surface area contributed by atoms with Gasteiger partial charge in [-0.25, -0.2) is 8.42 Å². The molecule has 0 aliphatic carbocycles. The summed E-state index contributed by atoms with van der Waals surface area (Å²) in [6.07, 6.45) is 3.36. The molecule has 2 aromatic rings. The number of carbonyl (C=O) groups excluding carboxylic acids is 1. The summed E-state index contributed by atoms with van der Waals surface area (Å²) in [6.45, 7) is 1.86. The second-order valence-electron chi connectivity index (χ2n) is 6.27. The molecule has 0 radical (unpaired) electrons. The summed E-state index contributed by atoms with van der Waals surface area (Å²) in [5.74, 6) is 0.304. The fourth-order valence-electron chi connectivity index (χ4n) is 3.12. The van der Waals surface area contributed by atoms with Crippen LogP contribution in [0.3, 0.4) is 0 Å². The third kappa shape index (κ3) is 3.73. The average Bonchev–Trinajstić information content (AvgIpc) is 2.71. The fourth-order valence-corrected chi connectivity index (χ4v) is 5.47. The van der Waals surface area contributed by atoms with E-state index >= 15 is 0 Å². The number of ether oxygens (including phenoxy) is 1. The number of fused-ring (bicyclic) bond motifs is 1. The lowest BCUT2D eigenvalue weighted by Crippen LogP contribution is -2.41. The molecule has 0 atom stereocenters. The van der Waals surface area contributed by atoms with Crippen molar-refractivity contribution in [3.63, 3.8) is 0 Å². The van der Waals surface area contributed by atoms with Crippen LogP contribution in [0.1, 0.15) is 5.56 Å². The topological polar surface area (TPSA) is 79.8 Å². The Morgan fingerprint density at radius 2 is 1.85 bits per heavy atom. The molecule has 1 saturated heterocycles. The molecule has 0 N–H and O–H groups in total. The second kappa shape index (κ2) is 7.59. The zero-order valence-electron chi connectivity index (χ0n) is 14.6. The number of benzene rings is 1. The molecule has 3 heterocycles. The van der Waals surface area contributed by atoms with Gasteiger partial charge in [-0.1, -0.05) is 0 Å². The highest BCUT2D eigenvalue weighted by atomic mass is 32.2. The molecule has 1 aromatic carbocycles. The summed E-state index contributed by atoms with van der Waals surface area (Å²) in [7, 11) is -3.61. The van der Waals surface area contributed by atoms with Crippen LogP contribution in [0.4, 0.5) is 5.69 Å². The highest BCUT2D eigenvalue weighted by Crippen LogP contribution is 2.38. The van der Waals surface area contributed by atoms with E-state index in [0.717, 1.165) is 10.5 Å². The maximum absolute atomic E-state index is 13.0. The number of nitrogens with zero attached hydrogens (tertiary/aromatic N) is 3. The Morgan fingerprint density at radius 1 is 1.11 bits per heavy atom. The number of sulfonamides is 1. The van der Waals surface area contributed by atoms with Gasteiger partial charge in [0.2, 0.25) is 15.9 Å². The molecule has 1 fully saturated rings. The van der Waals surface area contributed by atoms with E-state index in [4.69, 9.17) is 4.74 Å². The summed E-state index contributed by atoms with van der Waals surface area (Å²) >= 11 is 1.43. The van der Waals surface area contributed by atoms with Crippen molar-refractivity contribution in [2.45, 2.75) is 16.3 Å². The molecule has 142 valence electrons. The minimum Gasteiger partial charge on any atom is -0.379 e. The van der Waals surface area contributed by atoms with Crippen LogP contribution < -0.4 is 4.90 Å². The summed E-state index contributed by atoms with van der Waals surface area (Å²) < 4.78 is 32.6. The lowest BCUT2D eigenvalue weighted by molar-refractivity contribution is -0.116. The molecule has 0 saturated carbocycles. The molecule has 2 aliphatic rings.